The Morgan fingerprint density at radius 3 is 2.15 bits per heavy atom. The molecule has 0 saturated carbocycles. The Morgan fingerprint density at radius 2 is 1.77 bits per heavy atom. The molecule has 0 aliphatic rings. The van der Waals surface area contributed by atoms with Gasteiger partial charge < -0.3 is 9.53 Å². The average Bonchev–Trinajstić information content (AvgIpc) is 2.23. The Kier molecular flexibility index (Phi) is 6.00. The minimum atomic E-state index is 0.867. The van der Waals surface area contributed by atoms with Gasteiger partial charge in [-0.05, 0) is 31.2 Å². The highest BCUT2D eigenvalue weighted by molar-refractivity contribution is 5.37. The summed E-state index contributed by atoms with van der Waals surface area (Å²) < 4.78 is 5.00. The summed E-state index contributed by atoms with van der Waals surface area (Å²) in [6, 6.07) is 7.68. The molecule has 0 fully saturated rings. The fourth-order valence-electron chi connectivity index (χ4n) is 0.819. The van der Waals surface area contributed by atoms with Crippen molar-refractivity contribution in [2.75, 3.05) is 7.11 Å². The first-order chi connectivity index (χ1) is 6.36. The van der Waals surface area contributed by atoms with Crippen LogP contribution in [-0.4, -0.2) is 13.9 Å². The lowest BCUT2D eigenvalue weighted by atomic mass is 10.2. The van der Waals surface area contributed by atoms with Crippen molar-refractivity contribution in [3.8, 4) is 17.6 Å². The maximum atomic E-state index is 8.00. The summed E-state index contributed by atoms with van der Waals surface area (Å²) in [5.41, 5.74) is 1.02. The van der Waals surface area contributed by atoms with Crippen LogP contribution in [0.1, 0.15) is 12.5 Å². The van der Waals surface area contributed by atoms with E-state index in [0.29, 0.717) is 0 Å². The van der Waals surface area contributed by atoms with Gasteiger partial charge in [-0.2, -0.15) is 0 Å². The van der Waals surface area contributed by atoms with E-state index in [4.69, 9.17) is 9.53 Å². The van der Waals surface area contributed by atoms with Crippen molar-refractivity contribution in [2.24, 2.45) is 0 Å². The van der Waals surface area contributed by atoms with Crippen LogP contribution in [0.3, 0.4) is 0 Å². The Hall–Kier alpha value is -1.75. The third-order valence-corrected chi connectivity index (χ3v) is 1.36. The molecule has 0 atom stereocenters. The average molecular weight is 176 g/mol. The lowest BCUT2D eigenvalue weighted by Gasteiger charge is -1.96. The number of carbonyl (C=O) groups excluding carboxylic acids is 1. The number of carbonyl (C=O) groups is 1. The molecule has 13 heavy (non-hydrogen) atoms. The van der Waals surface area contributed by atoms with Gasteiger partial charge >= 0.3 is 0 Å². The second-order valence-electron chi connectivity index (χ2n) is 2.10. The maximum absolute atomic E-state index is 8.00. The number of methoxy groups -OCH3 is 1. The zero-order valence-electron chi connectivity index (χ0n) is 7.83. The van der Waals surface area contributed by atoms with Crippen LogP contribution in [0.4, 0.5) is 0 Å². The molecule has 0 bridgehead atoms. The van der Waals surface area contributed by atoms with Crippen LogP contribution in [0.2, 0.25) is 0 Å². The highest BCUT2D eigenvalue weighted by atomic mass is 16.5. The van der Waals surface area contributed by atoms with Crippen molar-refractivity contribution in [3.05, 3.63) is 29.8 Å². The molecule has 0 aromatic heterocycles. The third kappa shape index (κ3) is 3.97. The summed E-state index contributed by atoms with van der Waals surface area (Å²) in [7, 11) is 1.65. The van der Waals surface area contributed by atoms with E-state index >= 15 is 0 Å². The van der Waals surface area contributed by atoms with Gasteiger partial charge in [0.25, 0.3) is 0 Å². The Bertz CT molecular complexity index is 290. The second kappa shape index (κ2) is 6.93. The maximum Gasteiger partial charge on any atom is 0.118 e. The molecule has 1 aromatic rings. The van der Waals surface area contributed by atoms with Crippen LogP contribution in [0.15, 0.2) is 24.3 Å². The topological polar surface area (TPSA) is 26.3 Å². The molecule has 68 valence electrons. The fourth-order valence-corrected chi connectivity index (χ4v) is 0.819. The summed E-state index contributed by atoms with van der Waals surface area (Å²) in [4.78, 5) is 8.00. The van der Waals surface area contributed by atoms with E-state index in [-0.39, 0.29) is 0 Å². The van der Waals surface area contributed by atoms with Crippen molar-refractivity contribution in [3.63, 3.8) is 0 Å². The Balaban J connectivity index is 0.000000671. The van der Waals surface area contributed by atoms with Crippen molar-refractivity contribution in [2.45, 2.75) is 6.92 Å². The first kappa shape index (κ1) is 11.2. The monoisotopic (exact) mass is 176 g/mol. The van der Waals surface area contributed by atoms with E-state index < -0.39 is 0 Å². The van der Waals surface area contributed by atoms with Crippen molar-refractivity contribution >= 4 is 6.79 Å². The number of ether oxygens (including phenoxy) is 1. The van der Waals surface area contributed by atoms with Crippen LogP contribution < -0.4 is 4.74 Å². The molecule has 0 amide bonds. The smallest absolute Gasteiger partial charge is 0.118 e. The molecule has 0 aliphatic heterocycles. The molecular formula is C11H12O2. The van der Waals surface area contributed by atoms with Gasteiger partial charge in [0, 0.05) is 5.56 Å². The number of hydrogen-bond acceptors (Lipinski definition) is 2. The molecule has 2 nitrogen and oxygen atoms in total. The largest absolute Gasteiger partial charge is 0.497 e. The molecule has 0 saturated heterocycles. The van der Waals surface area contributed by atoms with Gasteiger partial charge in [0.05, 0.1) is 7.11 Å². The molecule has 0 unspecified atom stereocenters. The van der Waals surface area contributed by atoms with Gasteiger partial charge in [0.2, 0.25) is 0 Å². The van der Waals surface area contributed by atoms with E-state index in [1.165, 1.54) is 0 Å². The zero-order valence-corrected chi connectivity index (χ0v) is 7.83. The molecule has 0 spiro atoms. The highest BCUT2D eigenvalue weighted by Gasteiger charge is 1.88. The summed E-state index contributed by atoms with van der Waals surface area (Å²) in [6.45, 7) is 3.82. The fraction of sp³-hybridized carbons (Fsp3) is 0.182. The molecule has 0 heterocycles. The van der Waals surface area contributed by atoms with Gasteiger partial charge in [-0.25, -0.2) is 0 Å². The normalized spacial score (nSPS) is 7.23. The van der Waals surface area contributed by atoms with Crippen molar-refractivity contribution in [1.29, 1.82) is 0 Å². The van der Waals surface area contributed by atoms with Crippen LogP contribution in [0.25, 0.3) is 0 Å². The van der Waals surface area contributed by atoms with Gasteiger partial charge in [-0.1, -0.05) is 5.92 Å². The number of rotatable bonds is 1. The van der Waals surface area contributed by atoms with Crippen LogP contribution >= 0.6 is 0 Å². The standard InChI is InChI=1S/C10H10O.CH2O/c1-3-4-9-5-7-10(11-2)8-6-9;1-2/h5-8H,1-2H3;1H2. The summed E-state index contributed by atoms with van der Waals surface area (Å²) in [5.74, 6) is 6.65. The van der Waals surface area contributed by atoms with Crippen LogP contribution in [-0.2, 0) is 4.79 Å². The molecule has 1 aromatic carbocycles. The Morgan fingerprint density at radius 1 is 1.23 bits per heavy atom. The molecule has 2 heteroatoms. The van der Waals surface area contributed by atoms with Gasteiger partial charge in [0.15, 0.2) is 0 Å². The van der Waals surface area contributed by atoms with E-state index in [1.54, 1.807) is 7.11 Å². The molecular weight excluding hydrogens is 164 g/mol. The summed E-state index contributed by atoms with van der Waals surface area (Å²) >= 11 is 0. The quantitative estimate of drug-likeness (QED) is 0.611. The predicted octanol–water partition coefficient (Wildman–Crippen LogP) is 1.88. The summed E-state index contributed by atoms with van der Waals surface area (Å²) in [6.07, 6.45) is 0. The second-order valence-corrected chi connectivity index (χ2v) is 2.10. The molecule has 0 aliphatic carbocycles. The zero-order chi connectivity index (χ0) is 10.1. The minimum absolute atomic E-state index is 0.867. The van der Waals surface area contributed by atoms with Crippen molar-refractivity contribution in [1.82, 2.24) is 0 Å². The predicted molar refractivity (Wildman–Crippen MR) is 52.7 cm³/mol. The van der Waals surface area contributed by atoms with E-state index in [1.807, 2.05) is 38.0 Å². The molecule has 1 rings (SSSR count). The molecule has 0 N–H and O–H groups in total. The third-order valence-electron chi connectivity index (χ3n) is 1.36. The first-order valence-electron chi connectivity index (χ1n) is 3.72. The van der Waals surface area contributed by atoms with Gasteiger partial charge in [-0.15, -0.1) is 5.92 Å². The van der Waals surface area contributed by atoms with Crippen molar-refractivity contribution < 1.29 is 9.53 Å². The van der Waals surface area contributed by atoms with E-state index in [9.17, 15) is 0 Å². The Labute approximate surface area is 78.5 Å². The SMILES string of the molecule is C=O.CC#Cc1ccc(OC)cc1. The van der Waals surface area contributed by atoms with E-state index in [2.05, 4.69) is 11.8 Å². The van der Waals surface area contributed by atoms with E-state index in [0.717, 1.165) is 11.3 Å². The van der Waals surface area contributed by atoms with Gasteiger partial charge in [0.1, 0.15) is 12.5 Å². The van der Waals surface area contributed by atoms with Gasteiger partial charge in [-0.3, -0.25) is 0 Å². The van der Waals surface area contributed by atoms with Crippen LogP contribution in [0.5, 0.6) is 5.75 Å². The minimum Gasteiger partial charge on any atom is -0.497 e. The lowest BCUT2D eigenvalue weighted by molar-refractivity contribution is -0.0979. The number of hydrogen-bond donors (Lipinski definition) is 0. The van der Waals surface area contributed by atoms with Crippen LogP contribution in [0, 0.1) is 11.8 Å². The number of benzene rings is 1. The highest BCUT2D eigenvalue weighted by Crippen LogP contribution is 2.09. The molecule has 0 radical (unpaired) electrons. The summed E-state index contributed by atoms with van der Waals surface area (Å²) in [5, 5.41) is 0. The lowest BCUT2D eigenvalue weighted by Crippen LogP contribution is -1.81. The first-order valence-corrected chi connectivity index (χ1v) is 3.72.